The first-order valence-corrected chi connectivity index (χ1v) is 3.75. The van der Waals surface area contributed by atoms with Crippen LogP contribution in [-0.4, -0.2) is 23.6 Å². The number of amidine groups is 1. The van der Waals surface area contributed by atoms with Crippen molar-refractivity contribution in [3.8, 4) is 0 Å². The summed E-state index contributed by atoms with van der Waals surface area (Å²) in [7, 11) is 0. The Morgan fingerprint density at radius 2 is 2.45 bits per heavy atom. The van der Waals surface area contributed by atoms with Gasteiger partial charge < -0.3 is 10.6 Å². The van der Waals surface area contributed by atoms with Crippen LogP contribution >= 0.6 is 11.6 Å². The number of halogens is 1. The number of hydrogen-bond acceptors (Lipinski definition) is 4. The lowest BCUT2D eigenvalue weighted by Gasteiger charge is -2.28. The molecule has 0 fully saturated rings. The number of nitrogens with zero attached hydrogens (tertiary/aromatic N) is 2. The normalized spacial score (nSPS) is 24.6. The zero-order chi connectivity index (χ0) is 8.43. The maximum absolute atomic E-state index is 5.82. The van der Waals surface area contributed by atoms with Crippen molar-refractivity contribution < 1.29 is 0 Å². The van der Waals surface area contributed by atoms with E-state index < -0.39 is 6.29 Å². The second-order valence-electron chi connectivity index (χ2n) is 2.22. The largest absolute Gasteiger partial charge is 0.384 e. The molecule has 4 nitrogen and oxygen atoms in total. The first kappa shape index (κ1) is 8.36. The van der Waals surface area contributed by atoms with E-state index in [2.05, 4.69) is 4.99 Å². The van der Waals surface area contributed by atoms with Gasteiger partial charge in [-0.3, -0.25) is 5.73 Å². The molecule has 0 saturated carbocycles. The molecule has 0 saturated heterocycles. The molecule has 0 spiro atoms. The van der Waals surface area contributed by atoms with E-state index in [0.717, 1.165) is 6.54 Å². The SMILES string of the molecule is CCN1C(Cl)=CC(N)=NC1N. The van der Waals surface area contributed by atoms with Crippen molar-refractivity contribution in [2.24, 2.45) is 16.5 Å². The highest BCUT2D eigenvalue weighted by atomic mass is 35.5. The Kier molecular flexibility index (Phi) is 2.36. The van der Waals surface area contributed by atoms with Gasteiger partial charge in [0, 0.05) is 12.6 Å². The highest BCUT2D eigenvalue weighted by molar-refractivity contribution is 6.31. The first-order chi connectivity index (χ1) is 5.15. The third-order valence-corrected chi connectivity index (χ3v) is 1.81. The average molecular weight is 175 g/mol. The highest BCUT2D eigenvalue weighted by Crippen LogP contribution is 2.15. The quantitative estimate of drug-likeness (QED) is 0.550. The molecule has 1 unspecified atom stereocenters. The Labute approximate surface area is 70.5 Å². The lowest BCUT2D eigenvalue weighted by atomic mass is 10.4. The fourth-order valence-electron chi connectivity index (χ4n) is 0.929. The third kappa shape index (κ3) is 1.64. The van der Waals surface area contributed by atoms with Crippen molar-refractivity contribution in [3.05, 3.63) is 11.2 Å². The zero-order valence-corrected chi connectivity index (χ0v) is 7.04. The van der Waals surface area contributed by atoms with Gasteiger partial charge in [-0.25, -0.2) is 4.99 Å². The van der Waals surface area contributed by atoms with Crippen LogP contribution in [0.1, 0.15) is 6.92 Å². The van der Waals surface area contributed by atoms with Crippen molar-refractivity contribution in [2.75, 3.05) is 6.54 Å². The van der Waals surface area contributed by atoms with E-state index in [-0.39, 0.29) is 0 Å². The molecule has 0 aromatic carbocycles. The Balaban J connectivity index is 2.82. The summed E-state index contributed by atoms with van der Waals surface area (Å²) in [5.41, 5.74) is 11.0. The lowest BCUT2D eigenvalue weighted by Crippen LogP contribution is -2.42. The smallest absolute Gasteiger partial charge is 0.176 e. The number of rotatable bonds is 1. The van der Waals surface area contributed by atoms with E-state index in [9.17, 15) is 0 Å². The summed E-state index contributed by atoms with van der Waals surface area (Å²) >= 11 is 5.82. The van der Waals surface area contributed by atoms with Crippen LogP contribution in [0.5, 0.6) is 0 Å². The maximum atomic E-state index is 5.82. The van der Waals surface area contributed by atoms with E-state index in [1.807, 2.05) is 6.92 Å². The van der Waals surface area contributed by atoms with E-state index in [1.165, 1.54) is 0 Å². The molecule has 62 valence electrons. The Morgan fingerprint density at radius 3 is 2.91 bits per heavy atom. The Hall–Kier alpha value is -0.740. The molecule has 0 bridgehead atoms. The minimum Gasteiger partial charge on any atom is -0.384 e. The molecule has 4 N–H and O–H groups in total. The van der Waals surface area contributed by atoms with Gasteiger partial charge in [-0.2, -0.15) is 0 Å². The maximum Gasteiger partial charge on any atom is 0.176 e. The first-order valence-electron chi connectivity index (χ1n) is 3.38. The molecule has 1 rings (SSSR count). The van der Waals surface area contributed by atoms with Crippen LogP contribution in [0.2, 0.25) is 0 Å². The Bertz CT molecular complexity index is 211. The minimum absolute atomic E-state index is 0.382. The topological polar surface area (TPSA) is 67.6 Å². The lowest BCUT2D eigenvalue weighted by molar-refractivity contribution is 0.290. The molecular formula is C6H11ClN4. The summed E-state index contributed by atoms with van der Waals surface area (Å²) < 4.78 is 0. The molecule has 0 aromatic rings. The number of nitrogens with two attached hydrogens (primary N) is 2. The van der Waals surface area contributed by atoms with Gasteiger partial charge in [0.1, 0.15) is 11.0 Å². The highest BCUT2D eigenvalue weighted by Gasteiger charge is 2.17. The minimum atomic E-state index is -0.433. The second kappa shape index (κ2) is 3.11. The van der Waals surface area contributed by atoms with E-state index in [1.54, 1.807) is 11.0 Å². The molecule has 1 heterocycles. The van der Waals surface area contributed by atoms with E-state index in [4.69, 9.17) is 23.1 Å². The monoisotopic (exact) mass is 174 g/mol. The molecule has 1 atom stereocenters. The molecule has 5 heteroatoms. The van der Waals surface area contributed by atoms with E-state index >= 15 is 0 Å². The van der Waals surface area contributed by atoms with Crippen LogP contribution in [0.4, 0.5) is 0 Å². The molecule has 11 heavy (non-hydrogen) atoms. The van der Waals surface area contributed by atoms with Crippen molar-refractivity contribution >= 4 is 17.4 Å². The third-order valence-electron chi connectivity index (χ3n) is 1.48. The van der Waals surface area contributed by atoms with Gasteiger partial charge in [-0.05, 0) is 6.92 Å². The van der Waals surface area contributed by atoms with Crippen molar-refractivity contribution in [1.29, 1.82) is 0 Å². The molecule has 0 aliphatic carbocycles. The fraction of sp³-hybridized carbons (Fsp3) is 0.500. The van der Waals surface area contributed by atoms with Crippen LogP contribution < -0.4 is 11.5 Å². The van der Waals surface area contributed by atoms with Gasteiger partial charge in [-0.15, -0.1) is 0 Å². The summed E-state index contributed by atoms with van der Waals surface area (Å²) in [6, 6.07) is 0. The standard InChI is InChI=1S/C6H11ClN4/c1-2-11-4(7)3-5(8)10-6(11)9/h3,6H,2,9H2,1H3,(H2,8,10). The summed E-state index contributed by atoms with van der Waals surface area (Å²) in [5.74, 6) is 0.382. The molecule has 0 amide bonds. The fourth-order valence-corrected chi connectivity index (χ4v) is 1.26. The summed E-state index contributed by atoms with van der Waals surface area (Å²) in [5, 5.41) is 0.549. The van der Waals surface area contributed by atoms with Crippen LogP contribution in [0.25, 0.3) is 0 Å². The van der Waals surface area contributed by atoms with Gasteiger partial charge >= 0.3 is 0 Å². The van der Waals surface area contributed by atoms with Crippen LogP contribution in [0.3, 0.4) is 0 Å². The van der Waals surface area contributed by atoms with Gasteiger partial charge in [-0.1, -0.05) is 11.6 Å². The molecule has 0 radical (unpaired) electrons. The summed E-state index contributed by atoms with van der Waals surface area (Å²) in [6.45, 7) is 2.68. The zero-order valence-electron chi connectivity index (χ0n) is 6.29. The summed E-state index contributed by atoms with van der Waals surface area (Å²) in [6.07, 6.45) is 1.16. The number of hydrogen-bond donors (Lipinski definition) is 2. The van der Waals surface area contributed by atoms with E-state index in [0.29, 0.717) is 11.0 Å². The predicted octanol–water partition coefficient (Wildman–Crippen LogP) is 0.00160. The van der Waals surface area contributed by atoms with Crippen LogP contribution in [-0.2, 0) is 0 Å². The van der Waals surface area contributed by atoms with Gasteiger partial charge in [0.15, 0.2) is 6.29 Å². The van der Waals surface area contributed by atoms with Crippen LogP contribution in [0.15, 0.2) is 16.2 Å². The Morgan fingerprint density at radius 1 is 1.82 bits per heavy atom. The van der Waals surface area contributed by atoms with Gasteiger partial charge in [0.25, 0.3) is 0 Å². The molecular weight excluding hydrogens is 164 g/mol. The number of aliphatic imine (C=N–C) groups is 1. The molecule has 0 aromatic heterocycles. The second-order valence-corrected chi connectivity index (χ2v) is 2.61. The molecule has 1 aliphatic rings. The van der Waals surface area contributed by atoms with Gasteiger partial charge in [0.05, 0.1) is 0 Å². The predicted molar refractivity (Wildman–Crippen MR) is 45.9 cm³/mol. The van der Waals surface area contributed by atoms with Crippen molar-refractivity contribution in [3.63, 3.8) is 0 Å². The summed E-state index contributed by atoms with van der Waals surface area (Å²) in [4.78, 5) is 5.67. The average Bonchev–Trinajstić information content (AvgIpc) is 1.85. The van der Waals surface area contributed by atoms with Gasteiger partial charge in [0.2, 0.25) is 0 Å². The van der Waals surface area contributed by atoms with Crippen LogP contribution in [0, 0.1) is 0 Å². The van der Waals surface area contributed by atoms with Crippen molar-refractivity contribution in [1.82, 2.24) is 4.90 Å². The molecule has 1 aliphatic heterocycles. The van der Waals surface area contributed by atoms with Crippen molar-refractivity contribution in [2.45, 2.75) is 13.2 Å².